The van der Waals surface area contributed by atoms with Crippen molar-refractivity contribution in [3.63, 3.8) is 0 Å². The van der Waals surface area contributed by atoms with Crippen LogP contribution in [0.15, 0.2) is 54.6 Å². The number of hydrogen-bond donors (Lipinski definition) is 4. The number of rotatable bonds is 5. The SMILES string of the molecule is O=C1CNC(=O)[C@H](C#Cc2ccc(CNNCc3ccccc3)cc2)N1. The summed E-state index contributed by atoms with van der Waals surface area (Å²) >= 11 is 0. The largest absolute Gasteiger partial charge is 0.344 e. The molecule has 1 saturated heterocycles. The second-order valence-corrected chi connectivity index (χ2v) is 5.88. The van der Waals surface area contributed by atoms with Crippen LogP contribution in [0, 0.1) is 11.8 Å². The fourth-order valence-electron chi connectivity index (χ4n) is 2.44. The van der Waals surface area contributed by atoms with Gasteiger partial charge in [-0.3, -0.25) is 20.4 Å². The van der Waals surface area contributed by atoms with Crippen molar-refractivity contribution in [3.8, 4) is 11.8 Å². The van der Waals surface area contributed by atoms with Crippen molar-refractivity contribution in [2.24, 2.45) is 0 Å². The smallest absolute Gasteiger partial charge is 0.255 e. The fraction of sp³-hybridized carbons (Fsp3) is 0.200. The Balaban J connectivity index is 1.47. The Hall–Kier alpha value is -3.14. The number of carbonyl (C=O) groups is 2. The van der Waals surface area contributed by atoms with Gasteiger partial charge in [0.2, 0.25) is 5.91 Å². The van der Waals surface area contributed by atoms with E-state index in [1.807, 2.05) is 42.5 Å². The fourth-order valence-corrected chi connectivity index (χ4v) is 2.44. The molecule has 1 aliphatic heterocycles. The number of benzene rings is 2. The highest BCUT2D eigenvalue weighted by atomic mass is 16.2. The minimum atomic E-state index is -0.792. The van der Waals surface area contributed by atoms with Crippen LogP contribution in [0.2, 0.25) is 0 Å². The quantitative estimate of drug-likeness (QED) is 0.359. The average molecular weight is 348 g/mol. The Bertz CT molecular complexity index is 822. The molecule has 0 aliphatic carbocycles. The lowest BCUT2D eigenvalue weighted by Gasteiger charge is -2.18. The van der Waals surface area contributed by atoms with Crippen molar-refractivity contribution in [2.75, 3.05) is 6.54 Å². The van der Waals surface area contributed by atoms with E-state index in [0.717, 1.165) is 17.7 Å². The third-order valence-corrected chi connectivity index (χ3v) is 3.86. The summed E-state index contributed by atoms with van der Waals surface area (Å²) in [6, 6.07) is 17.1. The van der Waals surface area contributed by atoms with E-state index in [1.54, 1.807) is 0 Å². The second-order valence-electron chi connectivity index (χ2n) is 5.88. The third-order valence-electron chi connectivity index (χ3n) is 3.86. The molecule has 2 aromatic carbocycles. The molecule has 0 spiro atoms. The number of hydrogen-bond acceptors (Lipinski definition) is 4. The number of nitrogens with one attached hydrogen (secondary N) is 4. The van der Waals surface area contributed by atoms with Crippen LogP contribution in [0.3, 0.4) is 0 Å². The van der Waals surface area contributed by atoms with Crippen molar-refractivity contribution < 1.29 is 9.59 Å². The van der Waals surface area contributed by atoms with Gasteiger partial charge in [-0.15, -0.1) is 0 Å². The van der Waals surface area contributed by atoms with Crippen LogP contribution in [-0.2, 0) is 22.7 Å². The lowest BCUT2D eigenvalue weighted by atomic mass is 10.1. The Kier molecular flexibility index (Phi) is 5.99. The number of amides is 2. The van der Waals surface area contributed by atoms with Crippen LogP contribution in [0.1, 0.15) is 16.7 Å². The highest BCUT2D eigenvalue weighted by molar-refractivity contribution is 5.96. The van der Waals surface area contributed by atoms with E-state index in [0.29, 0.717) is 6.54 Å². The van der Waals surface area contributed by atoms with Crippen molar-refractivity contribution >= 4 is 11.8 Å². The average Bonchev–Trinajstić information content (AvgIpc) is 2.68. The summed E-state index contributed by atoms with van der Waals surface area (Å²) in [5.41, 5.74) is 9.47. The van der Waals surface area contributed by atoms with Gasteiger partial charge in [0.05, 0.1) is 6.54 Å². The summed E-state index contributed by atoms with van der Waals surface area (Å²) < 4.78 is 0. The van der Waals surface area contributed by atoms with Crippen LogP contribution in [0.25, 0.3) is 0 Å². The number of piperazine rings is 1. The molecule has 0 aromatic heterocycles. The molecule has 1 heterocycles. The van der Waals surface area contributed by atoms with Gasteiger partial charge in [-0.25, -0.2) is 0 Å². The predicted octanol–water partition coefficient (Wildman–Crippen LogP) is 0.447. The molecule has 1 aliphatic rings. The molecule has 1 fully saturated rings. The van der Waals surface area contributed by atoms with Gasteiger partial charge in [-0.05, 0) is 23.3 Å². The Labute approximate surface area is 152 Å². The molecule has 0 bridgehead atoms. The Morgan fingerprint density at radius 3 is 2.27 bits per heavy atom. The van der Waals surface area contributed by atoms with Crippen molar-refractivity contribution in [3.05, 3.63) is 71.3 Å². The second kappa shape index (κ2) is 8.81. The summed E-state index contributed by atoms with van der Waals surface area (Å²) in [4.78, 5) is 22.9. The van der Waals surface area contributed by atoms with E-state index in [2.05, 4.69) is 45.5 Å². The van der Waals surface area contributed by atoms with E-state index in [-0.39, 0.29) is 18.4 Å². The van der Waals surface area contributed by atoms with Gasteiger partial charge in [-0.1, -0.05) is 54.3 Å². The third kappa shape index (κ3) is 5.18. The van der Waals surface area contributed by atoms with Gasteiger partial charge in [0.1, 0.15) is 0 Å². The first-order valence-corrected chi connectivity index (χ1v) is 8.38. The Morgan fingerprint density at radius 2 is 1.58 bits per heavy atom. The van der Waals surface area contributed by atoms with Gasteiger partial charge in [0.15, 0.2) is 6.04 Å². The summed E-state index contributed by atoms with van der Waals surface area (Å²) in [5, 5.41) is 5.05. The van der Waals surface area contributed by atoms with E-state index >= 15 is 0 Å². The van der Waals surface area contributed by atoms with E-state index in [1.165, 1.54) is 5.56 Å². The predicted molar refractivity (Wildman–Crippen MR) is 98.4 cm³/mol. The maximum atomic E-state index is 11.6. The van der Waals surface area contributed by atoms with Crippen LogP contribution in [0.4, 0.5) is 0 Å². The number of carbonyl (C=O) groups excluding carboxylic acids is 2. The molecular formula is C20H20N4O2. The lowest BCUT2D eigenvalue weighted by molar-refractivity contribution is -0.132. The van der Waals surface area contributed by atoms with Gasteiger partial charge in [0, 0.05) is 18.7 Å². The summed E-state index contributed by atoms with van der Waals surface area (Å²) in [6.45, 7) is 1.44. The molecule has 0 unspecified atom stereocenters. The van der Waals surface area contributed by atoms with Gasteiger partial charge in [0.25, 0.3) is 5.91 Å². The topological polar surface area (TPSA) is 82.3 Å². The van der Waals surface area contributed by atoms with Crippen LogP contribution in [0.5, 0.6) is 0 Å². The van der Waals surface area contributed by atoms with Crippen molar-refractivity contribution in [1.29, 1.82) is 0 Å². The van der Waals surface area contributed by atoms with Crippen LogP contribution in [-0.4, -0.2) is 24.4 Å². The normalized spacial score (nSPS) is 16.2. The first kappa shape index (κ1) is 17.7. The molecule has 4 N–H and O–H groups in total. The van der Waals surface area contributed by atoms with Crippen molar-refractivity contribution in [1.82, 2.24) is 21.5 Å². The molecular weight excluding hydrogens is 328 g/mol. The molecule has 0 radical (unpaired) electrons. The first-order valence-electron chi connectivity index (χ1n) is 8.38. The zero-order valence-electron chi connectivity index (χ0n) is 14.2. The Morgan fingerprint density at radius 1 is 0.923 bits per heavy atom. The molecule has 6 heteroatoms. The zero-order valence-corrected chi connectivity index (χ0v) is 14.2. The van der Waals surface area contributed by atoms with Crippen LogP contribution < -0.4 is 21.5 Å². The number of hydrazine groups is 1. The van der Waals surface area contributed by atoms with E-state index < -0.39 is 6.04 Å². The maximum absolute atomic E-state index is 11.6. The molecule has 132 valence electrons. The monoisotopic (exact) mass is 348 g/mol. The molecule has 3 rings (SSSR count). The molecule has 6 nitrogen and oxygen atoms in total. The highest BCUT2D eigenvalue weighted by Crippen LogP contribution is 2.03. The molecule has 2 aromatic rings. The van der Waals surface area contributed by atoms with Crippen molar-refractivity contribution in [2.45, 2.75) is 19.1 Å². The maximum Gasteiger partial charge on any atom is 0.255 e. The molecule has 2 amide bonds. The standard InChI is InChI=1S/C20H20N4O2/c25-19-14-21-20(26)18(24-19)11-10-15-6-8-17(9-7-15)13-23-22-12-16-4-2-1-3-5-16/h1-9,18,22-23H,12-14H2,(H,21,26)(H,24,25)/t18-/m0/s1. The molecule has 26 heavy (non-hydrogen) atoms. The highest BCUT2D eigenvalue weighted by Gasteiger charge is 2.23. The van der Waals surface area contributed by atoms with Gasteiger partial charge >= 0.3 is 0 Å². The molecule has 1 atom stereocenters. The van der Waals surface area contributed by atoms with Gasteiger partial charge in [-0.2, -0.15) is 0 Å². The molecule has 0 saturated carbocycles. The minimum absolute atomic E-state index is 0.0109. The van der Waals surface area contributed by atoms with E-state index in [4.69, 9.17) is 0 Å². The summed E-state index contributed by atoms with van der Waals surface area (Å²) in [6.07, 6.45) is 0. The summed E-state index contributed by atoms with van der Waals surface area (Å²) in [5.74, 6) is 5.20. The van der Waals surface area contributed by atoms with Gasteiger partial charge < -0.3 is 10.6 Å². The lowest BCUT2D eigenvalue weighted by Crippen LogP contribution is -2.55. The summed E-state index contributed by atoms with van der Waals surface area (Å²) in [7, 11) is 0. The van der Waals surface area contributed by atoms with E-state index in [9.17, 15) is 9.59 Å². The minimum Gasteiger partial charge on any atom is -0.344 e. The zero-order chi connectivity index (χ0) is 18.2. The first-order chi connectivity index (χ1) is 12.7. The van der Waals surface area contributed by atoms with Crippen LogP contribution >= 0.6 is 0 Å².